The second-order valence-corrected chi connectivity index (χ2v) is 9.43. The minimum atomic E-state index is -0.386. The van der Waals surface area contributed by atoms with Crippen LogP contribution < -0.4 is 4.74 Å². The maximum Gasteiger partial charge on any atom is 0.152 e. The maximum absolute atomic E-state index is 15.0. The number of aromatic nitrogens is 4. The van der Waals surface area contributed by atoms with Crippen molar-refractivity contribution in [1.82, 2.24) is 24.9 Å². The van der Waals surface area contributed by atoms with Gasteiger partial charge in [0.15, 0.2) is 5.82 Å². The van der Waals surface area contributed by atoms with Crippen molar-refractivity contribution in [3.05, 3.63) is 76.7 Å². The van der Waals surface area contributed by atoms with Crippen LogP contribution in [0.25, 0.3) is 16.6 Å². The molecule has 0 amide bonds. The molecule has 0 spiro atoms. The predicted octanol–water partition coefficient (Wildman–Crippen LogP) is 5.53. The molecular formula is C28H31F2N5O. The first-order chi connectivity index (χ1) is 17.4. The van der Waals surface area contributed by atoms with Crippen LogP contribution in [-0.4, -0.2) is 51.1 Å². The normalized spacial score (nSPS) is 15.0. The molecule has 2 aromatic heterocycles. The number of piperidine rings is 1. The molecule has 1 aliphatic rings. The minimum absolute atomic E-state index is 0.187. The van der Waals surface area contributed by atoms with E-state index in [0.29, 0.717) is 18.0 Å². The van der Waals surface area contributed by atoms with Gasteiger partial charge >= 0.3 is 0 Å². The third kappa shape index (κ3) is 4.82. The zero-order valence-corrected chi connectivity index (χ0v) is 21.0. The second-order valence-electron chi connectivity index (χ2n) is 9.43. The largest absolute Gasteiger partial charge is 0.494 e. The van der Waals surface area contributed by atoms with Gasteiger partial charge in [-0.1, -0.05) is 12.1 Å². The van der Waals surface area contributed by atoms with Gasteiger partial charge in [-0.2, -0.15) is 15.3 Å². The molecule has 0 aliphatic carbocycles. The number of ether oxygens (including phenoxy) is 1. The van der Waals surface area contributed by atoms with Crippen molar-refractivity contribution in [1.29, 1.82) is 0 Å². The van der Waals surface area contributed by atoms with E-state index < -0.39 is 0 Å². The highest BCUT2D eigenvalue weighted by Crippen LogP contribution is 2.34. The Kier molecular flexibility index (Phi) is 6.96. The summed E-state index contributed by atoms with van der Waals surface area (Å²) < 4.78 is 35.5. The van der Waals surface area contributed by atoms with E-state index in [0.717, 1.165) is 72.4 Å². The summed E-state index contributed by atoms with van der Waals surface area (Å²) in [4.78, 5) is 2.42. The highest BCUT2D eigenvalue weighted by atomic mass is 19.1. The molecule has 0 N–H and O–H groups in total. The summed E-state index contributed by atoms with van der Waals surface area (Å²) in [5.74, 6) is 0.160. The van der Waals surface area contributed by atoms with E-state index in [1.807, 2.05) is 26.8 Å². The Labute approximate surface area is 209 Å². The van der Waals surface area contributed by atoms with Crippen molar-refractivity contribution < 1.29 is 13.5 Å². The molecule has 36 heavy (non-hydrogen) atoms. The highest BCUT2D eigenvalue weighted by molar-refractivity contribution is 5.86. The molecule has 5 rings (SSSR count). The van der Waals surface area contributed by atoms with Gasteiger partial charge in [0.25, 0.3) is 0 Å². The van der Waals surface area contributed by atoms with Crippen LogP contribution in [-0.2, 0) is 6.42 Å². The summed E-state index contributed by atoms with van der Waals surface area (Å²) in [5.41, 5.74) is 4.71. The molecule has 1 saturated heterocycles. The topological polar surface area (TPSA) is 56.1 Å². The van der Waals surface area contributed by atoms with Gasteiger partial charge in [-0.3, -0.25) is 0 Å². The Hall–Kier alpha value is -3.39. The van der Waals surface area contributed by atoms with Crippen LogP contribution in [0.5, 0.6) is 5.75 Å². The summed E-state index contributed by atoms with van der Waals surface area (Å²) >= 11 is 0. The van der Waals surface area contributed by atoms with Gasteiger partial charge in [-0.05, 0) is 83.0 Å². The fourth-order valence-electron chi connectivity index (χ4n) is 5.18. The molecular weight excluding hydrogens is 460 g/mol. The lowest BCUT2D eigenvalue weighted by molar-refractivity contribution is 0.213. The molecule has 188 valence electrons. The van der Waals surface area contributed by atoms with Crippen molar-refractivity contribution >= 4 is 10.9 Å². The number of fused-ring (bicyclic) bond motifs is 1. The third-order valence-corrected chi connectivity index (χ3v) is 7.07. The van der Waals surface area contributed by atoms with Gasteiger partial charge in [-0.25, -0.2) is 13.5 Å². The fraction of sp³-hybridized carbons (Fsp3) is 0.393. The summed E-state index contributed by atoms with van der Waals surface area (Å²) in [5, 5.41) is 14.8. The van der Waals surface area contributed by atoms with Gasteiger partial charge < -0.3 is 9.64 Å². The lowest BCUT2D eigenvalue weighted by Gasteiger charge is -2.31. The lowest BCUT2D eigenvalue weighted by Crippen LogP contribution is -2.34. The maximum atomic E-state index is 15.0. The Morgan fingerprint density at radius 1 is 1.03 bits per heavy atom. The monoisotopic (exact) mass is 491 g/mol. The molecule has 8 heteroatoms. The zero-order valence-electron chi connectivity index (χ0n) is 21.0. The summed E-state index contributed by atoms with van der Waals surface area (Å²) in [7, 11) is 0. The standard InChI is InChI=1S/C28H31F2N5O/c1-4-36-23-8-9-25(24(30)17-23)35-19(3)26-18(2)31-32-27(28(26)33-35)21-11-14-34(15-12-21)13-10-20-6-5-7-22(29)16-20/h5-9,16-17,21H,4,10-15H2,1-3H3. The van der Waals surface area contributed by atoms with E-state index in [4.69, 9.17) is 9.84 Å². The van der Waals surface area contributed by atoms with E-state index in [1.165, 1.54) is 12.1 Å². The van der Waals surface area contributed by atoms with E-state index in [-0.39, 0.29) is 17.6 Å². The molecule has 0 radical (unpaired) electrons. The molecule has 0 unspecified atom stereocenters. The molecule has 0 bridgehead atoms. The van der Waals surface area contributed by atoms with Crippen molar-refractivity contribution in [3.63, 3.8) is 0 Å². The quantitative estimate of drug-likeness (QED) is 0.340. The first kappa shape index (κ1) is 24.3. The smallest absolute Gasteiger partial charge is 0.152 e. The molecule has 4 aromatic rings. The van der Waals surface area contributed by atoms with E-state index in [9.17, 15) is 8.78 Å². The van der Waals surface area contributed by atoms with Gasteiger partial charge in [0, 0.05) is 23.9 Å². The number of halogens is 2. The van der Waals surface area contributed by atoms with Crippen molar-refractivity contribution in [2.24, 2.45) is 0 Å². The molecule has 0 saturated carbocycles. The summed E-state index contributed by atoms with van der Waals surface area (Å²) in [6.07, 6.45) is 2.72. The van der Waals surface area contributed by atoms with Crippen LogP contribution >= 0.6 is 0 Å². The Morgan fingerprint density at radius 2 is 1.83 bits per heavy atom. The minimum Gasteiger partial charge on any atom is -0.494 e. The van der Waals surface area contributed by atoms with E-state index in [1.54, 1.807) is 28.9 Å². The van der Waals surface area contributed by atoms with Gasteiger partial charge in [0.2, 0.25) is 0 Å². The SMILES string of the molecule is CCOc1ccc(-n2nc3c(C4CCN(CCc5cccc(F)c5)CC4)nnc(C)c3c2C)c(F)c1. The zero-order chi connectivity index (χ0) is 25.2. The first-order valence-electron chi connectivity index (χ1n) is 12.6. The van der Waals surface area contributed by atoms with Crippen LogP contribution in [0.2, 0.25) is 0 Å². The molecule has 2 aromatic carbocycles. The number of hydrogen-bond donors (Lipinski definition) is 0. The molecule has 0 atom stereocenters. The number of likely N-dealkylation sites (tertiary alicyclic amines) is 1. The second kappa shape index (κ2) is 10.3. The number of rotatable bonds is 7. The molecule has 1 aliphatic heterocycles. The van der Waals surface area contributed by atoms with Crippen molar-refractivity contribution in [2.75, 3.05) is 26.2 Å². The van der Waals surface area contributed by atoms with Crippen LogP contribution in [0, 0.1) is 25.5 Å². The predicted molar refractivity (Wildman–Crippen MR) is 136 cm³/mol. The molecule has 3 heterocycles. The number of aryl methyl sites for hydroxylation is 2. The Balaban J connectivity index is 1.36. The number of benzene rings is 2. The lowest BCUT2D eigenvalue weighted by atomic mass is 9.91. The third-order valence-electron chi connectivity index (χ3n) is 7.07. The summed E-state index contributed by atoms with van der Waals surface area (Å²) in [6, 6.07) is 11.7. The van der Waals surface area contributed by atoms with Crippen LogP contribution in [0.4, 0.5) is 8.78 Å². The van der Waals surface area contributed by atoms with E-state index in [2.05, 4.69) is 15.1 Å². The Bertz CT molecular complexity index is 1380. The first-order valence-corrected chi connectivity index (χ1v) is 12.6. The van der Waals surface area contributed by atoms with E-state index >= 15 is 0 Å². The number of hydrogen-bond acceptors (Lipinski definition) is 5. The van der Waals surface area contributed by atoms with Crippen LogP contribution in [0.3, 0.4) is 0 Å². The van der Waals surface area contributed by atoms with Gasteiger partial charge in [0.05, 0.1) is 23.7 Å². The molecule has 1 fully saturated rings. The van der Waals surface area contributed by atoms with Crippen molar-refractivity contribution in [2.45, 2.75) is 46.0 Å². The van der Waals surface area contributed by atoms with Crippen molar-refractivity contribution in [3.8, 4) is 11.4 Å². The molecule has 6 nitrogen and oxygen atoms in total. The average Bonchev–Trinajstić information content (AvgIpc) is 3.21. The Morgan fingerprint density at radius 3 is 2.56 bits per heavy atom. The number of nitrogens with zero attached hydrogens (tertiary/aromatic N) is 5. The van der Waals surface area contributed by atoms with Crippen LogP contribution in [0.1, 0.15) is 48.3 Å². The highest BCUT2D eigenvalue weighted by Gasteiger charge is 2.27. The summed E-state index contributed by atoms with van der Waals surface area (Å²) in [6.45, 7) is 8.98. The van der Waals surface area contributed by atoms with Gasteiger partial charge in [0.1, 0.15) is 22.8 Å². The average molecular weight is 492 g/mol. The van der Waals surface area contributed by atoms with Crippen LogP contribution in [0.15, 0.2) is 42.5 Å². The fourth-order valence-corrected chi connectivity index (χ4v) is 5.18. The van der Waals surface area contributed by atoms with Gasteiger partial charge in [-0.15, -0.1) is 0 Å².